The van der Waals surface area contributed by atoms with Gasteiger partial charge in [-0.15, -0.1) is 0 Å². The molecule has 4 saturated carbocycles. The van der Waals surface area contributed by atoms with Crippen molar-refractivity contribution in [1.82, 2.24) is 29.7 Å². The van der Waals surface area contributed by atoms with Crippen molar-refractivity contribution in [2.24, 2.45) is 35.5 Å². The molecule has 4 aliphatic carbocycles. The Morgan fingerprint density at radius 2 is 1.10 bits per heavy atom. The Hall–Kier alpha value is -3.37. The van der Waals surface area contributed by atoms with E-state index < -0.39 is 11.2 Å². The maximum atomic E-state index is 14.4. The monoisotopic (exact) mass is 688 g/mol. The van der Waals surface area contributed by atoms with Gasteiger partial charge in [0, 0.05) is 60.5 Å². The van der Waals surface area contributed by atoms with Crippen LogP contribution in [0.25, 0.3) is 0 Å². The van der Waals surface area contributed by atoms with Gasteiger partial charge < -0.3 is 19.4 Å². The summed E-state index contributed by atoms with van der Waals surface area (Å²) < 4.78 is 11.4. The molecule has 272 valence electrons. The number of amides is 2. The van der Waals surface area contributed by atoms with Crippen molar-refractivity contribution in [3.63, 3.8) is 0 Å². The summed E-state index contributed by atoms with van der Waals surface area (Å²) >= 11 is 0. The van der Waals surface area contributed by atoms with Crippen LogP contribution in [-0.4, -0.2) is 72.0 Å². The number of carbonyl (C=O) groups is 3. The molecule has 50 heavy (non-hydrogen) atoms. The second-order valence-corrected chi connectivity index (χ2v) is 18.3. The van der Waals surface area contributed by atoms with Crippen LogP contribution in [0.5, 0.6) is 0 Å². The number of likely N-dealkylation sites (tertiary alicyclic amines) is 2. The van der Waals surface area contributed by atoms with Crippen LogP contribution in [0.15, 0.2) is 12.4 Å². The lowest BCUT2D eigenvalue weighted by atomic mass is 9.55. The van der Waals surface area contributed by atoms with Gasteiger partial charge in [0.15, 0.2) is 0 Å². The number of rotatable bonds is 4. The van der Waals surface area contributed by atoms with E-state index in [0.717, 1.165) is 74.4 Å². The van der Waals surface area contributed by atoms with Gasteiger partial charge in [0.1, 0.15) is 28.6 Å². The largest absolute Gasteiger partial charge is 0.444 e. The zero-order valence-corrected chi connectivity index (χ0v) is 30.7. The van der Waals surface area contributed by atoms with Gasteiger partial charge in [-0.1, -0.05) is 0 Å². The van der Waals surface area contributed by atoms with Gasteiger partial charge in [-0.25, -0.2) is 19.6 Å². The van der Waals surface area contributed by atoms with Crippen LogP contribution in [-0.2, 0) is 14.3 Å². The highest BCUT2D eigenvalue weighted by Gasteiger charge is 2.61. The molecule has 2 saturated heterocycles. The van der Waals surface area contributed by atoms with Crippen molar-refractivity contribution in [3.05, 3.63) is 35.4 Å². The number of Topliss-reactive ketones (excluding diaryl/α,β-unsaturated/α-hetero) is 1. The minimum atomic E-state index is -0.539. The molecule has 8 unspecified atom stereocenters. The molecule has 6 aliphatic rings. The van der Waals surface area contributed by atoms with Crippen molar-refractivity contribution >= 4 is 18.0 Å². The van der Waals surface area contributed by atoms with E-state index >= 15 is 0 Å². The molecule has 0 bridgehead atoms. The third kappa shape index (κ3) is 6.14. The highest BCUT2D eigenvalue weighted by molar-refractivity contribution is 5.87. The lowest BCUT2D eigenvalue weighted by Crippen LogP contribution is -2.42. The summed E-state index contributed by atoms with van der Waals surface area (Å²) in [5.74, 6) is 5.12. The number of nitrogens with zero attached hydrogens (tertiary/aromatic N) is 4. The average molecular weight is 689 g/mol. The Kier molecular flexibility index (Phi) is 8.37. The summed E-state index contributed by atoms with van der Waals surface area (Å²) in [6.45, 7) is 12.8. The first-order chi connectivity index (χ1) is 23.7. The summed E-state index contributed by atoms with van der Waals surface area (Å²) in [5, 5.41) is 0. The molecule has 11 nitrogen and oxygen atoms in total. The molecule has 2 N–H and O–H groups in total. The molecule has 4 heterocycles. The Labute approximate surface area is 296 Å². The van der Waals surface area contributed by atoms with Crippen molar-refractivity contribution in [2.75, 3.05) is 13.1 Å². The summed E-state index contributed by atoms with van der Waals surface area (Å²) in [7, 11) is 0. The zero-order chi connectivity index (χ0) is 35.1. The Morgan fingerprint density at radius 3 is 1.50 bits per heavy atom. The second-order valence-electron chi connectivity index (χ2n) is 18.3. The SMILES string of the molecule is CC(C)(C)OC(=O)N1CCC[C@H]1c1ncc(C2CC3CCC4CC(c5cnc([C@@H]6CCCN6C(=O)OC(C)(C)C)[nH]5)CC5C(=O)C(C2)C3C45)[nH]1. The van der Waals surface area contributed by atoms with Gasteiger partial charge in [0.05, 0.1) is 12.1 Å². The van der Waals surface area contributed by atoms with Gasteiger partial charge >= 0.3 is 12.2 Å². The summed E-state index contributed by atoms with van der Waals surface area (Å²) in [4.78, 5) is 60.9. The fourth-order valence-corrected chi connectivity index (χ4v) is 11.1. The molecule has 6 fully saturated rings. The summed E-state index contributed by atoms with van der Waals surface area (Å²) in [6, 6.07) is -0.203. The molecule has 2 aliphatic heterocycles. The molecule has 11 heteroatoms. The molecule has 8 rings (SSSR count). The van der Waals surface area contributed by atoms with Crippen molar-refractivity contribution in [1.29, 1.82) is 0 Å². The first-order valence-electron chi connectivity index (χ1n) is 19.4. The predicted molar refractivity (Wildman–Crippen MR) is 186 cm³/mol. The van der Waals surface area contributed by atoms with Crippen molar-refractivity contribution in [2.45, 2.75) is 141 Å². The smallest absolute Gasteiger partial charge is 0.410 e. The highest BCUT2D eigenvalue weighted by Crippen LogP contribution is 2.64. The molecule has 2 aromatic heterocycles. The first kappa shape index (κ1) is 33.8. The van der Waals surface area contributed by atoms with Gasteiger partial charge in [-0.2, -0.15) is 0 Å². The topological polar surface area (TPSA) is 134 Å². The number of ketones is 1. The van der Waals surface area contributed by atoms with E-state index in [0.29, 0.717) is 42.5 Å². The number of nitrogens with one attached hydrogen (secondary N) is 2. The number of hydrogen-bond donors (Lipinski definition) is 2. The molecule has 2 amide bonds. The Morgan fingerprint density at radius 1 is 0.680 bits per heavy atom. The molecular formula is C39H56N6O5. The average Bonchev–Trinajstić information content (AvgIpc) is 3.88. The van der Waals surface area contributed by atoms with Crippen molar-refractivity contribution in [3.8, 4) is 0 Å². The van der Waals surface area contributed by atoms with Gasteiger partial charge in [0.2, 0.25) is 0 Å². The minimum Gasteiger partial charge on any atom is -0.444 e. The number of H-pyrrole nitrogens is 2. The fraction of sp³-hybridized carbons (Fsp3) is 0.769. The van der Waals surface area contributed by atoms with Crippen molar-refractivity contribution < 1.29 is 23.9 Å². The van der Waals surface area contributed by atoms with Crippen LogP contribution in [0.3, 0.4) is 0 Å². The third-order valence-electron chi connectivity index (χ3n) is 12.9. The molecule has 0 radical (unpaired) electrons. The molecular weight excluding hydrogens is 632 g/mol. The van der Waals surface area contributed by atoms with Gasteiger partial charge in [-0.05, 0) is 129 Å². The van der Waals surface area contributed by atoms with Crippen LogP contribution in [0.1, 0.15) is 153 Å². The molecule has 0 aromatic carbocycles. The van der Waals surface area contributed by atoms with Crippen LogP contribution in [0.2, 0.25) is 0 Å². The minimum absolute atomic E-state index is 0.102. The van der Waals surface area contributed by atoms with Crippen LogP contribution >= 0.6 is 0 Å². The lowest BCUT2D eigenvalue weighted by Gasteiger charge is -2.49. The lowest BCUT2D eigenvalue weighted by molar-refractivity contribution is -0.126. The number of ether oxygens (including phenoxy) is 2. The zero-order valence-electron chi connectivity index (χ0n) is 30.7. The first-order valence-corrected chi connectivity index (χ1v) is 19.4. The van der Waals surface area contributed by atoms with E-state index in [9.17, 15) is 14.4 Å². The second kappa shape index (κ2) is 12.4. The number of imidazole rings is 2. The van der Waals surface area contributed by atoms with Crippen LogP contribution in [0, 0.1) is 35.5 Å². The van der Waals surface area contributed by atoms with E-state index in [-0.39, 0.29) is 47.9 Å². The predicted octanol–water partition coefficient (Wildman–Crippen LogP) is 7.81. The van der Waals surface area contributed by atoms with Gasteiger partial charge in [0.25, 0.3) is 0 Å². The molecule has 2 aromatic rings. The Bertz CT molecular complexity index is 1500. The Balaban J connectivity index is 0.955. The van der Waals surface area contributed by atoms with Crippen LogP contribution < -0.4 is 0 Å². The standard InChI is InChI=1S/C39H56N6O5/c1-38(2,3)49-36(47)44-13-7-9-29(44)34-40-19-27(42-34)23-15-21-11-12-22-16-24(18-26-32(22)31(21)25(17-23)33(26)46)28-20-41-35(43-28)30-10-8-14-45(30)37(48)50-39(4,5)6/h19-26,29-32H,7-18H2,1-6H3,(H,40,42)(H,41,43)/t21?,22?,23?,24?,25?,26?,29-,30-,31?,32?/m0/s1. The van der Waals surface area contributed by atoms with E-state index in [1.54, 1.807) is 0 Å². The number of carbonyl (C=O) groups excluding carboxylic acids is 3. The quantitative estimate of drug-likeness (QED) is 0.335. The maximum Gasteiger partial charge on any atom is 0.410 e. The van der Waals surface area contributed by atoms with E-state index in [1.165, 1.54) is 12.8 Å². The van der Waals surface area contributed by atoms with Gasteiger partial charge in [-0.3, -0.25) is 14.6 Å². The normalized spacial score (nSPS) is 35.4. The summed E-state index contributed by atoms with van der Waals surface area (Å²) in [6.07, 6.45) is 13.4. The third-order valence-corrected chi connectivity index (χ3v) is 12.9. The maximum absolute atomic E-state index is 14.4. The van der Waals surface area contributed by atoms with Crippen LogP contribution in [0.4, 0.5) is 9.59 Å². The van der Waals surface area contributed by atoms with E-state index in [2.05, 4.69) is 9.97 Å². The summed E-state index contributed by atoms with van der Waals surface area (Å²) in [5.41, 5.74) is 1.16. The highest BCUT2D eigenvalue weighted by atomic mass is 16.6. The number of aromatic amines is 2. The number of aromatic nitrogens is 4. The fourth-order valence-electron chi connectivity index (χ4n) is 11.1. The van der Waals surface area contributed by atoms with E-state index in [4.69, 9.17) is 19.4 Å². The van der Waals surface area contributed by atoms with E-state index in [1.807, 2.05) is 63.7 Å². The molecule has 0 spiro atoms. The number of hydrogen-bond acceptors (Lipinski definition) is 7. The molecule has 10 atom stereocenters.